The lowest BCUT2D eigenvalue weighted by molar-refractivity contribution is -0.131. The number of methoxy groups -OCH3 is 1. The Morgan fingerprint density at radius 1 is 1.38 bits per heavy atom. The molecule has 1 aromatic rings. The van der Waals surface area contributed by atoms with Crippen molar-refractivity contribution >= 4 is 11.5 Å². The van der Waals surface area contributed by atoms with Crippen LogP contribution in [0.1, 0.15) is 18.4 Å². The van der Waals surface area contributed by atoms with Gasteiger partial charge in [-0.2, -0.15) is 0 Å². The van der Waals surface area contributed by atoms with Gasteiger partial charge in [0.25, 0.3) is 0 Å². The van der Waals surface area contributed by atoms with E-state index in [-0.39, 0.29) is 0 Å². The van der Waals surface area contributed by atoms with Crippen LogP contribution in [-0.2, 0) is 4.79 Å². The highest BCUT2D eigenvalue weighted by Crippen LogP contribution is 2.42. The van der Waals surface area contributed by atoms with Crippen LogP contribution in [0.25, 0.3) is 5.57 Å². The topological polar surface area (TPSA) is 46.5 Å². The minimum atomic E-state index is -0.877. The summed E-state index contributed by atoms with van der Waals surface area (Å²) < 4.78 is 5.07. The van der Waals surface area contributed by atoms with Crippen molar-refractivity contribution in [2.24, 2.45) is 5.92 Å². The van der Waals surface area contributed by atoms with Crippen LogP contribution in [0.5, 0.6) is 5.75 Å². The summed E-state index contributed by atoms with van der Waals surface area (Å²) in [5.41, 5.74) is 1.90. The minimum absolute atomic E-state index is 0.421. The number of aliphatic carboxylic acids is 1. The van der Waals surface area contributed by atoms with Gasteiger partial charge in [-0.1, -0.05) is 12.1 Å². The predicted molar refractivity (Wildman–Crippen MR) is 61.3 cm³/mol. The summed E-state index contributed by atoms with van der Waals surface area (Å²) in [6.45, 7) is 0. The monoisotopic (exact) mass is 218 g/mol. The van der Waals surface area contributed by atoms with Crippen molar-refractivity contribution in [2.75, 3.05) is 7.11 Å². The molecule has 1 aliphatic carbocycles. The summed E-state index contributed by atoms with van der Waals surface area (Å²) >= 11 is 0. The Balaban J connectivity index is 2.28. The number of hydrogen-bond donors (Lipinski definition) is 1. The van der Waals surface area contributed by atoms with Gasteiger partial charge in [0.1, 0.15) is 5.75 Å². The summed E-state index contributed by atoms with van der Waals surface area (Å²) in [5.74, 6) is 0.330. The summed E-state index contributed by atoms with van der Waals surface area (Å²) in [4.78, 5) is 10.7. The van der Waals surface area contributed by atoms with Gasteiger partial charge in [0.2, 0.25) is 0 Å². The van der Waals surface area contributed by atoms with Crippen molar-refractivity contribution in [2.45, 2.75) is 12.8 Å². The van der Waals surface area contributed by atoms with Gasteiger partial charge in [0, 0.05) is 6.08 Å². The van der Waals surface area contributed by atoms with Crippen LogP contribution in [0.2, 0.25) is 0 Å². The molecule has 1 aromatic carbocycles. The number of carboxylic acids is 1. The van der Waals surface area contributed by atoms with E-state index in [1.807, 2.05) is 24.3 Å². The molecule has 0 saturated heterocycles. The normalized spacial score (nSPS) is 15.9. The van der Waals surface area contributed by atoms with Gasteiger partial charge in [-0.05, 0) is 42.0 Å². The zero-order chi connectivity index (χ0) is 11.5. The molecular weight excluding hydrogens is 204 g/mol. The van der Waals surface area contributed by atoms with E-state index in [1.54, 1.807) is 7.11 Å². The van der Waals surface area contributed by atoms with Crippen molar-refractivity contribution in [3.63, 3.8) is 0 Å². The van der Waals surface area contributed by atoms with E-state index < -0.39 is 5.97 Å². The van der Waals surface area contributed by atoms with Crippen molar-refractivity contribution in [1.29, 1.82) is 0 Å². The molecule has 0 unspecified atom stereocenters. The number of ether oxygens (including phenoxy) is 1. The maximum Gasteiger partial charge on any atom is 0.328 e. The highest BCUT2D eigenvalue weighted by Gasteiger charge is 2.27. The average Bonchev–Trinajstić information content (AvgIpc) is 3.10. The molecule has 1 saturated carbocycles. The Morgan fingerprint density at radius 2 is 2.00 bits per heavy atom. The molecule has 84 valence electrons. The Kier molecular flexibility index (Phi) is 2.95. The van der Waals surface area contributed by atoms with E-state index >= 15 is 0 Å². The molecule has 0 bridgehead atoms. The first-order valence-corrected chi connectivity index (χ1v) is 5.29. The fourth-order valence-corrected chi connectivity index (χ4v) is 1.75. The summed E-state index contributed by atoms with van der Waals surface area (Å²) in [5, 5.41) is 8.82. The van der Waals surface area contributed by atoms with Crippen LogP contribution in [0.3, 0.4) is 0 Å². The highest BCUT2D eigenvalue weighted by molar-refractivity contribution is 5.91. The Bertz CT molecular complexity index is 413. The minimum Gasteiger partial charge on any atom is -0.497 e. The molecule has 3 nitrogen and oxygen atoms in total. The van der Waals surface area contributed by atoms with Gasteiger partial charge in [-0.15, -0.1) is 0 Å². The average molecular weight is 218 g/mol. The van der Waals surface area contributed by atoms with Crippen LogP contribution in [0.15, 0.2) is 30.3 Å². The molecule has 0 aromatic heterocycles. The lowest BCUT2D eigenvalue weighted by atomic mass is 10.0. The maximum atomic E-state index is 10.7. The maximum absolute atomic E-state index is 10.7. The third-order valence-corrected chi connectivity index (χ3v) is 2.72. The van der Waals surface area contributed by atoms with Crippen molar-refractivity contribution in [3.8, 4) is 5.75 Å². The zero-order valence-electron chi connectivity index (χ0n) is 9.14. The molecule has 1 aliphatic rings. The number of carboxylic acid groups (broad SMARTS) is 1. The first-order valence-electron chi connectivity index (χ1n) is 5.29. The number of allylic oxidation sites excluding steroid dienone is 1. The highest BCUT2D eigenvalue weighted by atomic mass is 16.5. The molecule has 0 spiro atoms. The van der Waals surface area contributed by atoms with Crippen LogP contribution < -0.4 is 4.74 Å². The molecule has 1 fully saturated rings. The molecular formula is C13H14O3. The quantitative estimate of drug-likeness (QED) is 0.790. The second-order valence-corrected chi connectivity index (χ2v) is 3.94. The number of benzene rings is 1. The lowest BCUT2D eigenvalue weighted by Gasteiger charge is -2.06. The van der Waals surface area contributed by atoms with Gasteiger partial charge in [-0.25, -0.2) is 4.79 Å². The molecule has 0 radical (unpaired) electrons. The van der Waals surface area contributed by atoms with Crippen molar-refractivity contribution in [3.05, 3.63) is 35.9 Å². The molecule has 0 amide bonds. The van der Waals surface area contributed by atoms with E-state index in [2.05, 4.69) is 0 Å². The van der Waals surface area contributed by atoms with E-state index in [0.717, 1.165) is 29.7 Å². The van der Waals surface area contributed by atoms with Gasteiger partial charge in [0.15, 0.2) is 0 Å². The Labute approximate surface area is 94.4 Å². The molecule has 1 N–H and O–H groups in total. The molecule has 0 aliphatic heterocycles. The third-order valence-electron chi connectivity index (χ3n) is 2.72. The zero-order valence-corrected chi connectivity index (χ0v) is 9.14. The number of carbonyl (C=O) groups is 1. The molecule has 0 atom stereocenters. The fraction of sp³-hybridized carbons (Fsp3) is 0.308. The predicted octanol–water partition coefficient (Wildman–Crippen LogP) is 2.57. The SMILES string of the molecule is COc1ccc(/C(=C/C(=O)O)C2CC2)cc1. The van der Waals surface area contributed by atoms with Crippen molar-refractivity contribution < 1.29 is 14.6 Å². The fourth-order valence-electron chi connectivity index (χ4n) is 1.75. The first kappa shape index (κ1) is 10.7. The molecule has 2 rings (SSSR count). The largest absolute Gasteiger partial charge is 0.497 e. The summed E-state index contributed by atoms with van der Waals surface area (Å²) in [7, 11) is 1.61. The number of rotatable bonds is 4. The smallest absolute Gasteiger partial charge is 0.328 e. The van der Waals surface area contributed by atoms with Crippen LogP contribution >= 0.6 is 0 Å². The summed E-state index contributed by atoms with van der Waals surface area (Å²) in [6, 6.07) is 7.53. The van der Waals surface area contributed by atoms with E-state index in [9.17, 15) is 4.79 Å². The van der Waals surface area contributed by atoms with Gasteiger partial charge < -0.3 is 9.84 Å². The standard InChI is InChI=1S/C13H14O3/c1-16-11-6-4-10(5-7-11)12(8-13(14)15)9-2-3-9/h4-9H,2-3H2,1H3,(H,14,15)/b12-8+. The Hall–Kier alpha value is -1.77. The Morgan fingerprint density at radius 3 is 2.44 bits per heavy atom. The second kappa shape index (κ2) is 4.39. The number of hydrogen-bond acceptors (Lipinski definition) is 2. The second-order valence-electron chi connectivity index (χ2n) is 3.94. The van der Waals surface area contributed by atoms with Crippen LogP contribution in [0.4, 0.5) is 0 Å². The van der Waals surface area contributed by atoms with E-state index in [1.165, 1.54) is 6.08 Å². The summed E-state index contributed by atoms with van der Waals surface area (Å²) in [6.07, 6.45) is 3.50. The van der Waals surface area contributed by atoms with Crippen LogP contribution in [-0.4, -0.2) is 18.2 Å². The van der Waals surface area contributed by atoms with Gasteiger partial charge >= 0.3 is 5.97 Å². The first-order chi connectivity index (χ1) is 7.70. The van der Waals surface area contributed by atoms with Crippen molar-refractivity contribution in [1.82, 2.24) is 0 Å². The van der Waals surface area contributed by atoms with Crippen LogP contribution in [0, 0.1) is 5.92 Å². The molecule has 0 heterocycles. The van der Waals surface area contributed by atoms with E-state index in [0.29, 0.717) is 5.92 Å². The lowest BCUT2D eigenvalue weighted by Crippen LogP contribution is -1.94. The van der Waals surface area contributed by atoms with E-state index in [4.69, 9.17) is 9.84 Å². The molecule has 16 heavy (non-hydrogen) atoms. The van der Waals surface area contributed by atoms with Gasteiger partial charge in [0.05, 0.1) is 7.11 Å². The molecule has 3 heteroatoms. The third kappa shape index (κ3) is 2.42. The van der Waals surface area contributed by atoms with Gasteiger partial charge in [-0.3, -0.25) is 0 Å².